The Hall–Kier alpha value is -1.75. The van der Waals surface area contributed by atoms with Gasteiger partial charge in [0.25, 0.3) is 0 Å². The molecule has 0 amide bonds. The number of imidazole rings is 1. The molecule has 0 aliphatic carbocycles. The summed E-state index contributed by atoms with van der Waals surface area (Å²) in [6, 6.07) is 10.1. The maximum atomic E-state index is 5.54. The Morgan fingerprint density at radius 2 is 2.16 bits per heavy atom. The molecular weight excluding hydrogens is 306 g/mol. The van der Waals surface area contributed by atoms with Gasteiger partial charge >= 0.3 is 0 Å². The predicted octanol–water partition coefficient (Wildman–Crippen LogP) is 4.40. The van der Waals surface area contributed by atoms with Gasteiger partial charge in [-0.15, -0.1) is 0 Å². The Balaban J connectivity index is 1.84. The Bertz CT molecular complexity index is 716. The van der Waals surface area contributed by atoms with E-state index in [0.29, 0.717) is 0 Å². The first-order valence-corrected chi connectivity index (χ1v) is 6.89. The molecule has 98 valence electrons. The number of aromatic nitrogens is 2. The third kappa shape index (κ3) is 2.51. The minimum atomic E-state index is 0.104. The summed E-state index contributed by atoms with van der Waals surface area (Å²) in [5.41, 5.74) is 3.06. The molecule has 4 nitrogen and oxygen atoms in total. The van der Waals surface area contributed by atoms with Gasteiger partial charge in [0.2, 0.25) is 0 Å². The molecule has 0 fully saturated rings. The first-order valence-electron chi connectivity index (χ1n) is 6.10. The van der Waals surface area contributed by atoms with Gasteiger partial charge in [-0.2, -0.15) is 0 Å². The van der Waals surface area contributed by atoms with E-state index in [1.54, 1.807) is 0 Å². The average Bonchev–Trinajstić information content (AvgIpc) is 2.93. The predicted molar refractivity (Wildman–Crippen MR) is 79.3 cm³/mol. The SMILES string of the molecule is Cc1nc2ccc(NC(C)c3ccc(Br)o3)cc2[nH]1. The van der Waals surface area contributed by atoms with Crippen LogP contribution in [0.4, 0.5) is 5.69 Å². The number of furan rings is 1. The molecule has 3 rings (SSSR count). The van der Waals surface area contributed by atoms with Gasteiger partial charge in [0, 0.05) is 5.69 Å². The van der Waals surface area contributed by atoms with Crippen LogP contribution in [0.2, 0.25) is 0 Å². The fourth-order valence-electron chi connectivity index (χ4n) is 2.11. The highest BCUT2D eigenvalue weighted by Gasteiger charge is 2.10. The van der Waals surface area contributed by atoms with Gasteiger partial charge in [-0.3, -0.25) is 0 Å². The zero-order valence-corrected chi connectivity index (χ0v) is 12.3. The standard InChI is InChI=1S/C14H14BrN3O/c1-8(13-5-6-14(15)19-13)16-10-3-4-11-12(7-10)18-9(2)17-11/h3-8,16H,1-2H3,(H,17,18). The Kier molecular flexibility index (Phi) is 3.06. The average molecular weight is 320 g/mol. The molecule has 0 saturated heterocycles. The van der Waals surface area contributed by atoms with E-state index >= 15 is 0 Å². The second kappa shape index (κ2) is 4.74. The summed E-state index contributed by atoms with van der Waals surface area (Å²) in [7, 11) is 0. The van der Waals surface area contributed by atoms with Crippen LogP contribution >= 0.6 is 15.9 Å². The number of aryl methyl sites for hydroxylation is 1. The van der Waals surface area contributed by atoms with Crippen molar-refractivity contribution in [3.8, 4) is 0 Å². The first-order chi connectivity index (χ1) is 9.11. The van der Waals surface area contributed by atoms with Crippen molar-refractivity contribution in [1.82, 2.24) is 9.97 Å². The van der Waals surface area contributed by atoms with Gasteiger partial charge in [0.15, 0.2) is 4.67 Å². The van der Waals surface area contributed by atoms with Gasteiger partial charge in [-0.25, -0.2) is 4.98 Å². The number of rotatable bonds is 3. The molecule has 2 N–H and O–H groups in total. The van der Waals surface area contributed by atoms with Crippen LogP contribution in [-0.2, 0) is 0 Å². The van der Waals surface area contributed by atoms with Gasteiger partial charge in [-0.1, -0.05) is 0 Å². The molecule has 3 aromatic rings. The number of nitrogens with one attached hydrogen (secondary N) is 2. The lowest BCUT2D eigenvalue weighted by Gasteiger charge is -2.12. The minimum Gasteiger partial charge on any atom is -0.452 e. The van der Waals surface area contributed by atoms with Crippen molar-refractivity contribution in [2.45, 2.75) is 19.9 Å². The highest BCUT2D eigenvalue weighted by molar-refractivity contribution is 9.10. The van der Waals surface area contributed by atoms with E-state index in [0.717, 1.165) is 33.0 Å². The molecule has 5 heteroatoms. The maximum absolute atomic E-state index is 5.54. The summed E-state index contributed by atoms with van der Waals surface area (Å²) in [5.74, 6) is 1.82. The summed E-state index contributed by atoms with van der Waals surface area (Å²) in [6.07, 6.45) is 0. The summed E-state index contributed by atoms with van der Waals surface area (Å²) in [5, 5.41) is 3.41. The lowest BCUT2D eigenvalue weighted by molar-refractivity contribution is 0.471. The first kappa shape index (κ1) is 12.3. The molecule has 1 unspecified atom stereocenters. The molecule has 19 heavy (non-hydrogen) atoms. The third-order valence-corrected chi connectivity index (χ3v) is 3.43. The topological polar surface area (TPSA) is 53.9 Å². The second-order valence-electron chi connectivity index (χ2n) is 4.56. The molecule has 0 spiro atoms. The molecule has 2 heterocycles. The van der Waals surface area contributed by atoms with E-state index in [4.69, 9.17) is 4.42 Å². The van der Waals surface area contributed by atoms with Gasteiger partial charge in [-0.05, 0) is 60.1 Å². The molecule has 1 aromatic carbocycles. The number of nitrogens with zero attached hydrogens (tertiary/aromatic N) is 1. The molecule has 1 atom stereocenters. The number of halogens is 1. The number of fused-ring (bicyclic) bond motifs is 1. The fraction of sp³-hybridized carbons (Fsp3) is 0.214. The summed E-state index contributed by atoms with van der Waals surface area (Å²) in [4.78, 5) is 7.62. The Labute approximate surface area is 119 Å². The molecule has 0 aliphatic heterocycles. The number of aromatic amines is 1. The Morgan fingerprint density at radius 3 is 2.89 bits per heavy atom. The van der Waals surface area contributed by atoms with Crippen molar-refractivity contribution < 1.29 is 4.42 Å². The molecule has 2 aromatic heterocycles. The van der Waals surface area contributed by atoms with Crippen LogP contribution in [0.3, 0.4) is 0 Å². The number of hydrogen-bond acceptors (Lipinski definition) is 3. The number of hydrogen-bond donors (Lipinski definition) is 2. The lowest BCUT2D eigenvalue weighted by Crippen LogP contribution is -2.05. The molecule has 0 radical (unpaired) electrons. The van der Waals surface area contributed by atoms with E-state index in [1.165, 1.54) is 0 Å². The zero-order valence-electron chi connectivity index (χ0n) is 10.7. The smallest absolute Gasteiger partial charge is 0.169 e. The van der Waals surface area contributed by atoms with Crippen molar-refractivity contribution in [1.29, 1.82) is 0 Å². The van der Waals surface area contributed by atoms with Crippen molar-refractivity contribution >= 4 is 32.7 Å². The van der Waals surface area contributed by atoms with Crippen molar-refractivity contribution in [3.05, 3.63) is 46.6 Å². The molecule has 0 saturated carbocycles. The van der Waals surface area contributed by atoms with Crippen LogP contribution in [0.1, 0.15) is 24.6 Å². The van der Waals surface area contributed by atoms with E-state index in [2.05, 4.69) is 44.2 Å². The zero-order chi connectivity index (χ0) is 13.4. The number of H-pyrrole nitrogens is 1. The van der Waals surface area contributed by atoms with Crippen molar-refractivity contribution in [2.75, 3.05) is 5.32 Å². The van der Waals surface area contributed by atoms with Gasteiger partial charge in [0.05, 0.1) is 17.1 Å². The third-order valence-electron chi connectivity index (χ3n) is 3.00. The van der Waals surface area contributed by atoms with Crippen LogP contribution in [0.5, 0.6) is 0 Å². The van der Waals surface area contributed by atoms with Crippen molar-refractivity contribution in [2.24, 2.45) is 0 Å². The monoisotopic (exact) mass is 319 g/mol. The van der Waals surface area contributed by atoms with Crippen LogP contribution in [0.15, 0.2) is 39.4 Å². The number of anilines is 1. The van der Waals surface area contributed by atoms with E-state index < -0.39 is 0 Å². The summed E-state index contributed by atoms with van der Waals surface area (Å²) >= 11 is 3.31. The van der Waals surface area contributed by atoms with E-state index in [1.807, 2.05) is 31.2 Å². The normalized spacial score (nSPS) is 12.8. The lowest BCUT2D eigenvalue weighted by atomic mass is 10.2. The second-order valence-corrected chi connectivity index (χ2v) is 5.34. The number of benzene rings is 1. The van der Waals surface area contributed by atoms with Crippen LogP contribution < -0.4 is 5.32 Å². The highest BCUT2D eigenvalue weighted by atomic mass is 79.9. The van der Waals surface area contributed by atoms with Crippen LogP contribution in [-0.4, -0.2) is 9.97 Å². The highest BCUT2D eigenvalue weighted by Crippen LogP contribution is 2.25. The van der Waals surface area contributed by atoms with Crippen LogP contribution in [0, 0.1) is 6.92 Å². The quantitative estimate of drug-likeness (QED) is 0.752. The molecule has 0 aliphatic rings. The fourth-order valence-corrected chi connectivity index (χ4v) is 2.43. The summed E-state index contributed by atoms with van der Waals surface area (Å²) < 4.78 is 6.29. The van der Waals surface area contributed by atoms with Gasteiger partial charge < -0.3 is 14.7 Å². The Morgan fingerprint density at radius 1 is 1.32 bits per heavy atom. The summed E-state index contributed by atoms with van der Waals surface area (Å²) in [6.45, 7) is 4.02. The minimum absolute atomic E-state index is 0.104. The van der Waals surface area contributed by atoms with E-state index in [9.17, 15) is 0 Å². The molecule has 0 bridgehead atoms. The van der Waals surface area contributed by atoms with Gasteiger partial charge in [0.1, 0.15) is 11.6 Å². The van der Waals surface area contributed by atoms with Crippen LogP contribution in [0.25, 0.3) is 11.0 Å². The maximum Gasteiger partial charge on any atom is 0.169 e. The van der Waals surface area contributed by atoms with Crippen molar-refractivity contribution in [3.63, 3.8) is 0 Å². The molecular formula is C14H14BrN3O. The largest absolute Gasteiger partial charge is 0.452 e. The van der Waals surface area contributed by atoms with E-state index in [-0.39, 0.29) is 6.04 Å².